The second-order valence-electron chi connectivity index (χ2n) is 8.25. The molecule has 0 unspecified atom stereocenters. The standard InChI is InChI=1S/C21H22O6/c1-20(2,3)19(24)27-18-14-11-21(25-8-9-26-21)7-6-12(14)10-13-15(22)4-5-16(23)17(13)18/h4-5,10H,6-9,11H2,1-3H3. The fraction of sp³-hybridized carbons (Fsp3) is 0.476. The first-order valence-electron chi connectivity index (χ1n) is 9.16. The third-order valence-corrected chi connectivity index (χ3v) is 5.22. The molecule has 6 nitrogen and oxygen atoms in total. The fourth-order valence-electron chi connectivity index (χ4n) is 3.72. The molecule has 1 fully saturated rings. The van der Waals surface area contributed by atoms with E-state index in [9.17, 15) is 14.4 Å². The number of esters is 1. The Morgan fingerprint density at radius 2 is 1.78 bits per heavy atom. The number of hydrogen-bond acceptors (Lipinski definition) is 6. The van der Waals surface area contributed by atoms with Crippen LogP contribution in [0.1, 0.15) is 59.0 Å². The SMILES string of the molecule is CC(C)(C)C(=O)Oc1c2c(cc3c1C(=O)C=CC3=O)CCC1(C2)OCCO1. The van der Waals surface area contributed by atoms with Crippen LogP contribution in [-0.2, 0) is 27.1 Å². The molecule has 0 aromatic heterocycles. The van der Waals surface area contributed by atoms with Crippen LogP contribution >= 0.6 is 0 Å². The summed E-state index contributed by atoms with van der Waals surface area (Å²) in [5.41, 5.74) is 1.32. The molecule has 142 valence electrons. The Morgan fingerprint density at radius 1 is 1.11 bits per heavy atom. The molecule has 1 aromatic rings. The lowest BCUT2D eigenvalue weighted by atomic mass is 9.81. The number of carbonyl (C=O) groups excluding carboxylic acids is 3. The van der Waals surface area contributed by atoms with Crippen LogP contribution in [0.5, 0.6) is 5.75 Å². The molecule has 0 amide bonds. The molecule has 6 heteroatoms. The average molecular weight is 370 g/mol. The summed E-state index contributed by atoms with van der Waals surface area (Å²) in [6.07, 6.45) is 4.15. The first-order chi connectivity index (χ1) is 12.7. The third-order valence-electron chi connectivity index (χ3n) is 5.22. The van der Waals surface area contributed by atoms with E-state index in [-0.39, 0.29) is 22.9 Å². The first kappa shape index (κ1) is 18.1. The van der Waals surface area contributed by atoms with Crippen molar-refractivity contribution in [3.63, 3.8) is 0 Å². The smallest absolute Gasteiger partial charge is 0.316 e. The molecule has 0 atom stereocenters. The quantitative estimate of drug-likeness (QED) is 0.559. The molecule has 1 aliphatic heterocycles. The zero-order chi connectivity index (χ0) is 19.4. The summed E-state index contributed by atoms with van der Waals surface area (Å²) in [6, 6.07) is 1.75. The number of fused-ring (bicyclic) bond motifs is 2. The van der Waals surface area contributed by atoms with E-state index in [4.69, 9.17) is 14.2 Å². The van der Waals surface area contributed by atoms with E-state index in [0.29, 0.717) is 38.0 Å². The van der Waals surface area contributed by atoms with Crippen molar-refractivity contribution in [3.8, 4) is 5.75 Å². The summed E-state index contributed by atoms with van der Waals surface area (Å²) in [5.74, 6) is -1.61. The minimum atomic E-state index is -0.750. The largest absolute Gasteiger partial charge is 0.425 e. The van der Waals surface area contributed by atoms with Gasteiger partial charge in [-0.25, -0.2) is 0 Å². The number of allylic oxidation sites excluding steroid dienone is 2. The normalized spacial score (nSPS) is 20.6. The molecule has 3 aliphatic rings. The highest BCUT2D eigenvalue weighted by atomic mass is 16.7. The number of benzene rings is 1. The summed E-state index contributed by atoms with van der Waals surface area (Å²) < 4.78 is 17.4. The van der Waals surface area contributed by atoms with E-state index in [1.807, 2.05) is 0 Å². The van der Waals surface area contributed by atoms with Gasteiger partial charge in [-0.1, -0.05) is 0 Å². The summed E-state index contributed by atoms with van der Waals surface area (Å²) in [7, 11) is 0. The maximum absolute atomic E-state index is 12.6. The van der Waals surface area contributed by atoms with Gasteiger partial charge in [0.25, 0.3) is 0 Å². The van der Waals surface area contributed by atoms with Gasteiger partial charge in [0.15, 0.2) is 17.4 Å². The van der Waals surface area contributed by atoms with Crippen molar-refractivity contribution in [2.75, 3.05) is 13.2 Å². The van der Waals surface area contributed by atoms with Gasteiger partial charge in [-0.05, 0) is 51.0 Å². The second kappa shape index (κ2) is 6.11. The Kier molecular flexibility index (Phi) is 4.09. The van der Waals surface area contributed by atoms with Crippen LogP contribution in [0.2, 0.25) is 0 Å². The molecule has 27 heavy (non-hydrogen) atoms. The second-order valence-corrected chi connectivity index (χ2v) is 8.25. The molecule has 0 bridgehead atoms. The molecule has 1 saturated heterocycles. The first-order valence-corrected chi connectivity index (χ1v) is 9.16. The summed E-state index contributed by atoms with van der Waals surface area (Å²) in [4.78, 5) is 37.6. The van der Waals surface area contributed by atoms with Crippen LogP contribution in [0.3, 0.4) is 0 Å². The predicted molar refractivity (Wildman–Crippen MR) is 96.0 cm³/mol. The van der Waals surface area contributed by atoms with E-state index in [2.05, 4.69) is 0 Å². The van der Waals surface area contributed by atoms with Crippen molar-refractivity contribution in [2.24, 2.45) is 5.41 Å². The third kappa shape index (κ3) is 3.03. The molecular weight excluding hydrogens is 348 g/mol. The van der Waals surface area contributed by atoms with Crippen molar-refractivity contribution in [1.29, 1.82) is 0 Å². The van der Waals surface area contributed by atoms with Gasteiger partial charge in [0, 0.05) is 24.0 Å². The molecule has 0 N–H and O–H groups in total. The van der Waals surface area contributed by atoms with E-state index in [1.54, 1.807) is 26.8 Å². The van der Waals surface area contributed by atoms with Crippen LogP contribution in [0, 0.1) is 5.41 Å². The fourth-order valence-corrected chi connectivity index (χ4v) is 3.72. The molecule has 0 saturated carbocycles. The number of hydrogen-bond donors (Lipinski definition) is 0. The van der Waals surface area contributed by atoms with Gasteiger partial charge in [-0.3, -0.25) is 14.4 Å². The molecule has 1 spiro atoms. The lowest BCUT2D eigenvalue weighted by Crippen LogP contribution is -2.38. The summed E-state index contributed by atoms with van der Waals surface area (Å²) >= 11 is 0. The monoisotopic (exact) mass is 370 g/mol. The van der Waals surface area contributed by atoms with Crippen molar-refractivity contribution in [2.45, 2.75) is 45.8 Å². The van der Waals surface area contributed by atoms with E-state index >= 15 is 0 Å². The van der Waals surface area contributed by atoms with Crippen LogP contribution in [0.25, 0.3) is 0 Å². The topological polar surface area (TPSA) is 78.9 Å². The van der Waals surface area contributed by atoms with Gasteiger partial charge in [-0.15, -0.1) is 0 Å². The van der Waals surface area contributed by atoms with Crippen LogP contribution < -0.4 is 4.74 Å². The number of ketones is 2. The van der Waals surface area contributed by atoms with Crippen LogP contribution in [0.4, 0.5) is 0 Å². The van der Waals surface area contributed by atoms with Gasteiger partial charge in [-0.2, -0.15) is 0 Å². The van der Waals surface area contributed by atoms with E-state index in [1.165, 1.54) is 12.2 Å². The summed E-state index contributed by atoms with van der Waals surface area (Å²) in [6.45, 7) is 6.26. The molecule has 0 radical (unpaired) electrons. The van der Waals surface area contributed by atoms with E-state index in [0.717, 1.165) is 11.1 Å². The Bertz CT molecular complexity index is 881. The molecular formula is C21H22O6. The number of carbonyl (C=O) groups is 3. The van der Waals surface area contributed by atoms with Gasteiger partial charge in [0.05, 0.1) is 24.2 Å². The van der Waals surface area contributed by atoms with Gasteiger partial charge in [0.1, 0.15) is 5.75 Å². The number of ether oxygens (including phenoxy) is 3. The average Bonchev–Trinajstić information content (AvgIpc) is 3.05. The highest BCUT2D eigenvalue weighted by Gasteiger charge is 2.43. The Morgan fingerprint density at radius 3 is 2.44 bits per heavy atom. The summed E-state index contributed by atoms with van der Waals surface area (Å²) in [5, 5.41) is 0. The zero-order valence-corrected chi connectivity index (χ0v) is 15.7. The number of aryl methyl sites for hydroxylation is 1. The van der Waals surface area contributed by atoms with Crippen LogP contribution in [-0.4, -0.2) is 36.5 Å². The molecule has 1 aromatic carbocycles. The molecule has 2 aliphatic carbocycles. The lowest BCUT2D eigenvalue weighted by Gasteiger charge is -2.35. The van der Waals surface area contributed by atoms with Crippen molar-refractivity contribution in [3.05, 3.63) is 40.5 Å². The maximum Gasteiger partial charge on any atom is 0.316 e. The molecule has 1 heterocycles. The predicted octanol–water partition coefficient (Wildman–Crippen LogP) is 2.81. The molecule has 4 rings (SSSR count). The Balaban J connectivity index is 1.88. The zero-order valence-electron chi connectivity index (χ0n) is 15.7. The van der Waals surface area contributed by atoms with Gasteiger partial charge in [0.2, 0.25) is 0 Å². The Hall–Kier alpha value is -2.31. The highest BCUT2D eigenvalue weighted by molar-refractivity contribution is 6.23. The highest BCUT2D eigenvalue weighted by Crippen LogP contribution is 2.43. The maximum atomic E-state index is 12.6. The minimum Gasteiger partial charge on any atom is -0.425 e. The minimum absolute atomic E-state index is 0.161. The number of rotatable bonds is 1. The van der Waals surface area contributed by atoms with Crippen molar-refractivity contribution < 1.29 is 28.6 Å². The van der Waals surface area contributed by atoms with Crippen molar-refractivity contribution >= 4 is 17.5 Å². The van der Waals surface area contributed by atoms with Crippen LogP contribution in [0.15, 0.2) is 18.2 Å². The Labute approximate surface area is 157 Å². The lowest BCUT2D eigenvalue weighted by molar-refractivity contribution is -0.164. The van der Waals surface area contributed by atoms with E-state index < -0.39 is 17.2 Å². The van der Waals surface area contributed by atoms with Gasteiger partial charge >= 0.3 is 5.97 Å². The van der Waals surface area contributed by atoms with Gasteiger partial charge < -0.3 is 14.2 Å². The van der Waals surface area contributed by atoms with Crippen molar-refractivity contribution in [1.82, 2.24) is 0 Å².